The second-order valence-corrected chi connectivity index (χ2v) is 13.3. The molecule has 43 heavy (non-hydrogen) atoms. The van der Waals surface area contributed by atoms with Crippen LogP contribution < -0.4 is 15.6 Å². The first-order chi connectivity index (χ1) is 20.3. The molecule has 226 valence electrons. The first-order valence-electron chi connectivity index (χ1n) is 14.2. The molecule has 0 aliphatic carbocycles. The highest BCUT2D eigenvalue weighted by Gasteiger charge is 2.28. The molecule has 0 radical (unpaired) electrons. The van der Waals surface area contributed by atoms with Gasteiger partial charge in [0.15, 0.2) is 0 Å². The number of ether oxygens (including phenoxy) is 2. The molecule has 1 amide bonds. The molecule has 4 aromatic rings. The van der Waals surface area contributed by atoms with Crippen LogP contribution in [0.15, 0.2) is 83.0 Å². The number of hydrogen-bond acceptors (Lipinski definition) is 7. The van der Waals surface area contributed by atoms with Gasteiger partial charge >= 0.3 is 5.97 Å². The summed E-state index contributed by atoms with van der Waals surface area (Å²) in [6.45, 7) is 10.9. The predicted octanol–water partition coefficient (Wildman–Crippen LogP) is 5.81. The Hall–Kier alpha value is -4.24. The number of esters is 1. The zero-order chi connectivity index (χ0) is 31.2. The lowest BCUT2D eigenvalue weighted by atomic mass is 10.0. The van der Waals surface area contributed by atoms with Crippen LogP contribution in [-0.4, -0.2) is 38.9 Å². The third kappa shape index (κ3) is 9.64. The van der Waals surface area contributed by atoms with E-state index in [0.29, 0.717) is 23.4 Å². The van der Waals surface area contributed by atoms with Gasteiger partial charge in [-0.1, -0.05) is 48.5 Å². The van der Waals surface area contributed by atoms with Crippen molar-refractivity contribution in [3.63, 3.8) is 0 Å². The highest BCUT2D eigenvalue weighted by molar-refractivity contribution is 7.13. The SMILES string of the molecule is CC(C)(C)OC(=O)[C@H](Cc1ccc(OC(C)(C)C)cc1)NC(=O)Cn1nc(-c2cccs2)cc(Cc2ccccc2)c1=O. The molecule has 0 unspecified atom stereocenters. The van der Waals surface area contributed by atoms with Gasteiger partial charge in [0, 0.05) is 18.4 Å². The molecule has 0 bridgehead atoms. The molecule has 2 aromatic carbocycles. The molecule has 0 aliphatic rings. The fourth-order valence-corrected chi connectivity index (χ4v) is 5.10. The number of carbonyl (C=O) groups excluding carboxylic acids is 2. The lowest BCUT2D eigenvalue weighted by molar-refractivity contribution is -0.158. The maximum Gasteiger partial charge on any atom is 0.329 e. The van der Waals surface area contributed by atoms with E-state index in [-0.39, 0.29) is 24.1 Å². The quantitative estimate of drug-likeness (QED) is 0.230. The lowest BCUT2D eigenvalue weighted by Crippen LogP contribution is -2.47. The highest BCUT2D eigenvalue weighted by Crippen LogP contribution is 2.23. The summed E-state index contributed by atoms with van der Waals surface area (Å²) < 4.78 is 12.7. The van der Waals surface area contributed by atoms with E-state index in [1.807, 2.05) is 92.9 Å². The average molecular weight is 602 g/mol. The van der Waals surface area contributed by atoms with E-state index in [9.17, 15) is 14.4 Å². The van der Waals surface area contributed by atoms with Crippen molar-refractivity contribution in [1.82, 2.24) is 15.1 Å². The Bertz CT molecular complexity index is 1580. The predicted molar refractivity (Wildman–Crippen MR) is 169 cm³/mol. The van der Waals surface area contributed by atoms with E-state index in [1.165, 1.54) is 16.0 Å². The van der Waals surface area contributed by atoms with Gasteiger partial charge in [0.05, 0.1) is 4.88 Å². The molecule has 0 saturated carbocycles. The Labute approximate surface area is 256 Å². The van der Waals surface area contributed by atoms with Crippen molar-refractivity contribution in [2.24, 2.45) is 0 Å². The number of nitrogens with zero attached hydrogens (tertiary/aromatic N) is 2. The van der Waals surface area contributed by atoms with Crippen LogP contribution in [0, 0.1) is 0 Å². The van der Waals surface area contributed by atoms with E-state index in [0.717, 1.165) is 16.0 Å². The molecule has 1 atom stereocenters. The number of aromatic nitrogens is 2. The van der Waals surface area contributed by atoms with Crippen molar-refractivity contribution in [3.8, 4) is 16.3 Å². The van der Waals surface area contributed by atoms with Gasteiger partial charge in [-0.2, -0.15) is 5.10 Å². The fourth-order valence-electron chi connectivity index (χ4n) is 4.42. The number of benzene rings is 2. The minimum Gasteiger partial charge on any atom is -0.488 e. The molecular weight excluding hydrogens is 562 g/mol. The van der Waals surface area contributed by atoms with Crippen LogP contribution >= 0.6 is 11.3 Å². The van der Waals surface area contributed by atoms with E-state index in [2.05, 4.69) is 10.4 Å². The summed E-state index contributed by atoms with van der Waals surface area (Å²) in [5, 5.41) is 9.25. The molecule has 0 fully saturated rings. The van der Waals surface area contributed by atoms with Crippen LogP contribution in [0.1, 0.15) is 58.2 Å². The van der Waals surface area contributed by atoms with Crippen molar-refractivity contribution in [3.05, 3.63) is 105 Å². The first kappa shape index (κ1) is 31.7. The summed E-state index contributed by atoms with van der Waals surface area (Å²) >= 11 is 1.50. The first-order valence-corrected chi connectivity index (χ1v) is 15.1. The Morgan fingerprint density at radius 2 is 1.60 bits per heavy atom. The van der Waals surface area contributed by atoms with Crippen LogP contribution in [0.4, 0.5) is 0 Å². The van der Waals surface area contributed by atoms with E-state index in [4.69, 9.17) is 9.47 Å². The number of nitrogens with one attached hydrogen (secondary N) is 1. The largest absolute Gasteiger partial charge is 0.488 e. The molecule has 1 N–H and O–H groups in total. The monoisotopic (exact) mass is 601 g/mol. The summed E-state index contributed by atoms with van der Waals surface area (Å²) in [5.74, 6) is -0.378. The van der Waals surface area contributed by atoms with Crippen LogP contribution in [0.2, 0.25) is 0 Å². The zero-order valence-electron chi connectivity index (χ0n) is 25.5. The second kappa shape index (κ2) is 13.4. The number of carbonyl (C=O) groups is 2. The summed E-state index contributed by atoms with van der Waals surface area (Å²) in [6.07, 6.45) is 0.602. The topological polar surface area (TPSA) is 99.5 Å². The third-order valence-electron chi connectivity index (χ3n) is 6.17. The normalized spacial score (nSPS) is 12.4. The maximum atomic E-state index is 13.5. The smallest absolute Gasteiger partial charge is 0.329 e. The Kier molecular flexibility index (Phi) is 9.86. The number of hydrogen-bond donors (Lipinski definition) is 1. The van der Waals surface area contributed by atoms with Gasteiger partial charge < -0.3 is 14.8 Å². The lowest BCUT2D eigenvalue weighted by Gasteiger charge is -2.25. The number of amides is 1. The average Bonchev–Trinajstić information content (AvgIpc) is 3.45. The van der Waals surface area contributed by atoms with E-state index in [1.54, 1.807) is 26.8 Å². The van der Waals surface area contributed by atoms with Crippen LogP contribution in [0.25, 0.3) is 10.6 Å². The highest BCUT2D eigenvalue weighted by atomic mass is 32.1. The summed E-state index contributed by atoms with van der Waals surface area (Å²) in [5.41, 5.74) is 1.48. The minimum atomic E-state index is -0.971. The summed E-state index contributed by atoms with van der Waals surface area (Å²) in [7, 11) is 0. The zero-order valence-corrected chi connectivity index (χ0v) is 26.4. The third-order valence-corrected chi connectivity index (χ3v) is 7.06. The fraction of sp³-hybridized carbons (Fsp3) is 0.353. The van der Waals surface area contributed by atoms with Crippen molar-refractivity contribution in [1.29, 1.82) is 0 Å². The Morgan fingerprint density at radius 3 is 2.21 bits per heavy atom. The Balaban J connectivity index is 1.58. The van der Waals surface area contributed by atoms with Crippen molar-refractivity contribution in [2.75, 3.05) is 0 Å². The molecular formula is C34H39N3O5S. The van der Waals surface area contributed by atoms with Crippen LogP contribution in [0.3, 0.4) is 0 Å². The Morgan fingerprint density at radius 1 is 0.907 bits per heavy atom. The molecule has 2 heterocycles. The number of rotatable bonds is 10. The summed E-state index contributed by atoms with van der Waals surface area (Å²) in [6, 6.07) is 21.7. The van der Waals surface area contributed by atoms with Gasteiger partial charge in [0.1, 0.15) is 35.2 Å². The number of thiophene rings is 1. The maximum absolute atomic E-state index is 13.5. The van der Waals surface area contributed by atoms with E-state index >= 15 is 0 Å². The van der Waals surface area contributed by atoms with Crippen LogP contribution in [-0.2, 0) is 33.7 Å². The van der Waals surface area contributed by atoms with Gasteiger partial charge in [-0.25, -0.2) is 9.48 Å². The van der Waals surface area contributed by atoms with Gasteiger partial charge in [0.2, 0.25) is 5.91 Å². The van der Waals surface area contributed by atoms with Crippen molar-refractivity contribution < 1.29 is 19.1 Å². The van der Waals surface area contributed by atoms with Crippen LogP contribution in [0.5, 0.6) is 5.75 Å². The van der Waals surface area contributed by atoms with E-state index < -0.39 is 23.5 Å². The molecule has 0 saturated heterocycles. The van der Waals surface area contributed by atoms with Gasteiger partial charge in [0.25, 0.3) is 5.56 Å². The van der Waals surface area contributed by atoms with Gasteiger partial charge in [-0.15, -0.1) is 11.3 Å². The molecule has 0 aliphatic heterocycles. The molecule has 0 spiro atoms. The van der Waals surface area contributed by atoms with Crippen molar-refractivity contribution in [2.45, 2.75) is 78.2 Å². The minimum absolute atomic E-state index is 0.202. The molecule has 4 rings (SSSR count). The van der Waals surface area contributed by atoms with Gasteiger partial charge in [-0.05, 0) is 82.3 Å². The molecule has 9 heteroatoms. The standard InChI is InChI=1S/C34H39N3O5S/c1-33(2,3)41-26-16-14-24(15-17-26)20-28(32(40)42-34(4,5)6)35-30(38)22-37-31(39)25(19-23-11-8-7-9-12-23)21-27(36-37)29-13-10-18-43-29/h7-18,21,28H,19-20,22H2,1-6H3,(H,35,38)/t28-/m0/s1. The van der Waals surface area contributed by atoms with Gasteiger partial charge in [-0.3, -0.25) is 9.59 Å². The molecule has 2 aromatic heterocycles. The molecule has 8 nitrogen and oxygen atoms in total. The summed E-state index contributed by atoms with van der Waals surface area (Å²) in [4.78, 5) is 40.9. The second-order valence-electron chi connectivity index (χ2n) is 12.4. The van der Waals surface area contributed by atoms with Crippen molar-refractivity contribution >= 4 is 23.2 Å².